The summed E-state index contributed by atoms with van der Waals surface area (Å²) in [5.41, 5.74) is 0. The van der Waals surface area contributed by atoms with Crippen molar-refractivity contribution in [1.82, 2.24) is 0 Å². The van der Waals surface area contributed by atoms with Gasteiger partial charge in [0.2, 0.25) is 0 Å². The van der Waals surface area contributed by atoms with Crippen LogP contribution in [-0.2, 0) is 0 Å². The van der Waals surface area contributed by atoms with Crippen molar-refractivity contribution in [3.63, 3.8) is 0 Å². The Morgan fingerprint density at radius 2 is 0.667 bits per heavy atom. The fraction of sp³-hybridized carbons (Fsp3) is 0.889. The highest BCUT2D eigenvalue weighted by Gasteiger charge is 2.16. The van der Waals surface area contributed by atoms with Crippen LogP contribution in [0.4, 0.5) is 0 Å². The highest BCUT2D eigenvalue weighted by atomic mass is 14.2. The first-order valence-corrected chi connectivity index (χ1v) is 24.9. The van der Waals surface area contributed by atoms with E-state index in [1.54, 1.807) is 0 Å². The lowest BCUT2D eigenvalue weighted by atomic mass is 9.97. The number of hydrogen-bond acceptors (Lipinski definition) is 0. The molecule has 0 bridgehead atoms. The second-order valence-electron chi connectivity index (χ2n) is 17.4. The van der Waals surface area contributed by atoms with Gasteiger partial charge in [0, 0.05) is 0 Å². The highest BCUT2D eigenvalue weighted by molar-refractivity contribution is 4.98. The summed E-state index contributed by atoms with van der Waals surface area (Å²) in [5.74, 6) is 5.74. The van der Waals surface area contributed by atoms with Crippen molar-refractivity contribution < 1.29 is 0 Å². The normalized spacial score (nSPS) is 22.4. The van der Waals surface area contributed by atoms with E-state index in [9.17, 15) is 0 Å². The predicted octanol–water partition coefficient (Wildman–Crippen LogP) is 20.8. The van der Waals surface area contributed by atoms with Crippen molar-refractivity contribution in [1.29, 1.82) is 0 Å². The first-order chi connectivity index (χ1) is 25.9. The van der Waals surface area contributed by atoms with Crippen LogP contribution in [0.5, 0.6) is 0 Å². The Labute approximate surface area is 348 Å². The lowest BCUT2D eigenvalue weighted by Crippen LogP contribution is -1.97. The summed E-state index contributed by atoms with van der Waals surface area (Å²) in [6, 6.07) is 0. The third-order valence-electron chi connectivity index (χ3n) is 10.3. The predicted molar refractivity (Wildman–Crippen MR) is 259 cm³/mol. The van der Waals surface area contributed by atoms with Crippen molar-refractivity contribution in [2.45, 2.75) is 278 Å². The lowest BCUT2D eigenvalue weighted by Gasteiger charge is -2.09. The van der Waals surface area contributed by atoms with Gasteiger partial charge in [-0.15, -0.1) is 0 Å². The van der Waals surface area contributed by atoms with E-state index in [2.05, 4.69) is 147 Å². The maximum atomic E-state index is 2.39. The Balaban J connectivity index is -0.000000170. The third kappa shape index (κ3) is 66.1. The summed E-state index contributed by atoms with van der Waals surface area (Å²) in [5, 5.41) is 0. The summed E-state index contributed by atoms with van der Waals surface area (Å²) in [7, 11) is 0. The molecule has 0 radical (unpaired) electrons. The van der Waals surface area contributed by atoms with Crippen molar-refractivity contribution in [2.75, 3.05) is 0 Å². The molecule has 6 atom stereocenters. The molecule has 0 saturated heterocycles. The molecule has 0 aromatic carbocycles. The van der Waals surface area contributed by atoms with Crippen LogP contribution < -0.4 is 0 Å². The molecule has 2 fully saturated rings. The molecule has 3 rings (SSSR count). The molecule has 3 aliphatic rings. The van der Waals surface area contributed by atoms with Gasteiger partial charge in [-0.25, -0.2) is 0 Å². The molecule has 54 heavy (non-hydrogen) atoms. The largest absolute Gasteiger partial charge is 0.0888 e. The highest BCUT2D eigenvalue weighted by Crippen LogP contribution is 2.29. The molecule has 0 heterocycles. The van der Waals surface area contributed by atoms with Gasteiger partial charge in [-0.05, 0) is 80.5 Å². The average molecular weight is 761 g/mol. The van der Waals surface area contributed by atoms with Crippen LogP contribution in [0, 0.1) is 35.5 Å². The van der Waals surface area contributed by atoms with Crippen LogP contribution in [0.25, 0.3) is 0 Å². The molecule has 0 heteroatoms. The SMILES string of the molecule is CC/C=C/CC.CC/C=C/CCC.CC1C=CC(C)C1.CC1CCC(C)C1.CC1CCCCC(C)C1.CCCCC.CCCCCC.CCCCCCC. The van der Waals surface area contributed by atoms with Gasteiger partial charge in [-0.1, -0.05) is 269 Å². The number of rotatable bonds is 14. The molecule has 0 aromatic heterocycles. The van der Waals surface area contributed by atoms with Crippen molar-refractivity contribution in [3.05, 3.63) is 36.5 Å². The van der Waals surface area contributed by atoms with Crippen LogP contribution in [0.15, 0.2) is 36.5 Å². The van der Waals surface area contributed by atoms with Crippen LogP contribution in [0.3, 0.4) is 0 Å². The monoisotopic (exact) mass is 761 g/mol. The summed E-state index contributed by atoms with van der Waals surface area (Å²) in [6.45, 7) is 36.0. The van der Waals surface area contributed by atoms with E-state index in [0.29, 0.717) is 0 Å². The second-order valence-corrected chi connectivity index (χ2v) is 17.4. The maximum Gasteiger partial charge on any atom is -0.0256 e. The minimum absolute atomic E-state index is 0.843. The van der Waals surface area contributed by atoms with Crippen LogP contribution in [0.1, 0.15) is 278 Å². The van der Waals surface area contributed by atoms with Gasteiger partial charge < -0.3 is 0 Å². The zero-order valence-electron chi connectivity index (χ0n) is 41.3. The van der Waals surface area contributed by atoms with E-state index in [1.807, 2.05) is 0 Å². The van der Waals surface area contributed by atoms with Crippen molar-refractivity contribution >= 4 is 0 Å². The van der Waals surface area contributed by atoms with Crippen molar-refractivity contribution in [2.24, 2.45) is 35.5 Å². The first kappa shape index (κ1) is 62.4. The lowest BCUT2D eigenvalue weighted by molar-refractivity contribution is 0.423. The minimum atomic E-state index is 0.843. The van der Waals surface area contributed by atoms with E-state index in [4.69, 9.17) is 0 Å². The quantitative estimate of drug-likeness (QED) is 0.0940. The number of unbranched alkanes of at least 4 members (excludes halogenated alkanes) is 10. The molecular formula is C54H112. The molecule has 328 valence electrons. The molecule has 0 aromatic rings. The Morgan fingerprint density at radius 1 is 0.352 bits per heavy atom. The molecule has 0 N–H and O–H groups in total. The van der Waals surface area contributed by atoms with Crippen LogP contribution in [-0.4, -0.2) is 0 Å². The smallest absolute Gasteiger partial charge is 0.0256 e. The van der Waals surface area contributed by atoms with Gasteiger partial charge in [-0.2, -0.15) is 0 Å². The number of hydrogen-bond donors (Lipinski definition) is 0. The fourth-order valence-corrected chi connectivity index (χ4v) is 6.84. The molecule has 3 aliphatic carbocycles. The summed E-state index contributed by atoms with van der Waals surface area (Å²) >= 11 is 0. The van der Waals surface area contributed by atoms with Gasteiger partial charge in [0.15, 0.2) is 0 Å². The third-order valence-corrected chi connectivity index (χ3v) is 10.3. The zero-order chi connectivity index (χ0) is 42.1. The van der Waals surface area contributed by atoms with E-state index in [0.717, 1.165) is 35.5 Å². The summed E-state index contributed by atoms with van der Waals surface area (Å²) in [6.07, 6.45) is 49.2. The number of allylic oxidation sites excluding steroid dienone is 6. The van der Waals surface area contributed by atoms with E-state index in [-0.39, 0.29) is 0 Å². The van der Waals surface area contributed by atoms with Gasteiger partial charge in [-0.3, -0.25) is 0 Å². The maximum absolute atomic E-state index is 2.39. The van der Waals surface area contributed by atoms with E-state index >= 15 is 0 Å². The topological polar surface area (TPSA) is 0 Å². The minimum Gasteiger partial charge on any atom is -0.0888 e. The van der Waals surface area contributed by atoms with Gasteiger partial charge in [0.05, 0.1) is 0 Å². The second kappa shape index (κ2) is 56.6. The molecule has 0 spiro atoms. The zero-order valence-corrected chi connectivity index (χ0v) is 41.3. The molecule has 2 saturated carbocycles. The molecule has 0 aliphatic heterocycles. The van der Waals surface area contributed by atoms with Gasteiger partial charge in [0.1, 0.15) is 0 Å². The van der Waals surface area contributed by atoms with Crippen LogP contribution in [0.2, 0.25) is 0 Å². The van der Waals surface area contributed by atoms with Gasteiger partial charge in [0.25, 0.3) is 0 Å². The van der Waals surface area contributed by atoms with Crippen molar-refractivity contribution in [3.8, 4) is 0 Å². The molecular weight excluding hydrogens is 649 g/mol. The van der Waals surface area contributed by atoms with E-state index < -0.39 is 0 Å². The Kier molecular flexibility index (Phi) is 65.4. The summed E-state index contributed by atoms with van der Waals surface area (Å²) in [4.78, 5) is 0. The average Bonchev–Trinajstić information content (AvgIpc) is 3.68. The standard InChI is InChI=1S/C9H18.C7H14.C7H12.C7H16.C7H14.C6H14.C6H12.C5H12/c1-8-5-3-4-6-9(2)7-8;2*1-6-3-4-7(2)5-6;2*1-3-5-7-6-4-2;2*1-3-5-6-4-2;1-3-5-4-2/h8-9H,3-7H2,1-2H3;6-7H,3-5H2,1-2H3;3-4,6-7H,5H2,1-2H3;3-7H2,1-2H3;5,7H,3-4,6H2,1-2H3;3-6H2,1-2H3;5-6H,3-4H2,1-2H3;3-5H2,1-2H3/b;;;;7-5+;;6-5+;. The Morgan fingerprint density at radius 3 is 0.907 bits per heavy atom. The first-order valence-electron chi connectivity index (χ1n) is 24.9. The fourth-order valence-electron chi connectivity index (χ4n) is 6.84. The molecule has 0 amide bonds. The Hall–Kier alpha value is -0.780. The molecule has 0 nitrogen and oxygen atoms in total. The Bertz CT molecular complexity index is 638. The molecule has 6 unspecified atom stereocenters. The summed E-state index contributed by atoms with van der Waals surface area (Å²) < 4.78 is 0. The van der Waals surface area contributed by atoms with Crippen LogP contribution >= 0.6 is 0 Å². The van der Waals surface area contributed by atoms with E-state index in [1.165, 1.54) is 167 Å². The van der Waals surface area contributed by atoms with Gasteiger partial charge >= 0.3 is 0 Å².